The first-order chi connectivity index (χ1) is 19.4. The van der Waals surface area contributed by atoms with Crippen molar-refractivity contribution in [2.45, 2.75) is 38.3 Å². The summed E-state index contributed by atoms with van der Waals surface area (Å²) < 4.78 is 0. The molecule has 1 aliphatic heterocycles. The Balaban J connectivity index is 1.34. The molecule has 1 fully saturated rings. The number of H-pyrrole nitrogens is 1. The second-order valence-corrected chi connectivity index (χ2v) is 11.1. The molecule has 1 saturated heterocycles. The lowest BCUT2D eigenvalue weighted by Crippen LogP contribution is -2.50. The molecule has 3 aromatic carbocycles. The monoisotopic (exact) mass is 537 g/mol. The molecule has 2 amide bonds. The highest BCUT2D eigenvalue weighted by molar-refractivity contribution is 5.99. The number of amides is 2. The number of aromatic nitrogens is 1. The maximum Gasteiger partial charge on any atom is 0.247 e. The first-order valence-electron chi connectivity index (χ1n) is 14.1. The molecule has 7 heteroatoms. The number of benzene rings is 3. The number of anilines is 2. The van der Waals surface area contributed by atoms with E-state index >= 15 is 0 Å². The van der Waals surface area contributed by atoms with Gasteiger partial charge in [-0.3, -0.25) is 9.59 Å². The molecule has 0 unspecified atom stereocenters. The topological polar surface area (TPSA) is 80.5 Å². The van der Waals surface area contributed by atoms with Gasteiger partial charge in [-0.25, -0.2) is 0 Å². The Morgan fingerprint density at radius 3 is 2.45 bits per heavy atom. The second kappa shape index (κ2) is 12.4. The number of nitrogens with zero attached hydrogens (tertiary/aromatic N) is 2. The van der Waals surface area contributed by atoms with Gasteiger partial charge in [-0.2, -0.15) is 0 Å². The van der Waals surface area contributed by atoms with Crippen LogP contribution in [0.4, 0.5) is 11.4 Å². The molecule has 208 valence electrons. The van der Waals surface area contributed by atoms with Crippen LogP contribution in [0.15, 0.2) is 85.1 Å². The first kappa shape index (κ1) is 27.5. The highest BCUT2D eigenvalue weighted by Gasteiger charge is 2.33. The summed E-state index contributed by atoms with van der Waals surface area (Å²) in [6.07, 6.45) is 3.46. The normalized spacial score (nSPS) is 15.7. The SMILES string of the molecule is C[C@H](c1c[nH]c2ccccc12)[C@@H](NC(=O)C1CCN(c2ccccc2)CC1)C(=O)Nc1cccc(CN(C)C)c1. The number of piperidine rings is 1. The molecule has 1 aromatic heterocycles. The van der Waals surface area contributed by atoms with E-state index in [0.717, 1.165) is 60.2 Å². The fourth-order valence-corrected chi connectivity index (χ4v) is 5.71. The molecule has 5 rings (SSSR count). The van der Waals surface area contributed by atoms with Crippen LogP contribution in [0.5, 0.6) is 0 Å². The molecule has 0 aliphatic carbocycles. The smallest absolute Gasteiger partial charge is 0.247 e. The molecule has 2 heterocycles. The lowest BCUT2D eigenvalue weighted by Gasteiger charge is -2.34. The molecule has 3 N–H and O–H groups in total. The first-order valence-corrected chi connectivity index (χ1v) is 14.1. The van der Waals surface area contributed by atoms with Crippen molar-refractivity contribution in [1.29, 1.82) is 0 Å². The van der Waals surface area contributed by atoms with Crippen LogP contribution in [-0.2, 0) is 16.1 Å². The molecule has 0 saturated carbocycles. The van der Waals surface area contributed by atoms with E-state index in [1.807, 2.05) is 87.9 Å². The van der Waals surface area contributed by atoms with Crippen LogP contribution in [-0.4, -0.2) is 54.9 Å². The number of carbonyl (C=O) groups excluding carboxylic acids is 2. The van der Waals surface area contributed by atoms with E-state index in [1.54, 1.807) is 0 Å². The van der Waals surface area contributed by atoms with Crippen molar-refractivity contribution in [3.63, 3.8) is 0 Å². The standard InChI is InChI=1S/C33H39N5O2/c1-23(29-21-34-30-15-8-7-14-28(29)30)31(33(40)35-26-11-9-10-24(20-26)22-37(2)3)36-32(39)25-16-18-38(19-17-25)27-12-5-4-6-13-27/h4-15,20-21,23,25,31,34H,16-19,22H2,1-3H3,(H,35,40)(H,36,39)/t23-,31-/m1/s1. The molecule has 2 atom stereocenters. The lowest BCUT2D eigenvalue weighted by molar-refractivity contribution is -0.130. The average molecular weight is 538 g/mol. The van der Waals surface area contributed by atoms with E-state index in [0.29, 0.717) is 0 Å². The molecule has 0 bridgehead atoms. The Morgan fingerprint density at radius 1 is 0.975 bits per heavy atom. The van der Waals surface area contributed by atoms with Crippen LogP contribution in [0.3, 0.4) is 0 Å². The van der Waals surface area contributed by atoms with Crippen molar-refractivity contribution < 1.29 is 9.59 Å². The summed E-state index contributed by atoms with van der Waals surface area (Å²) in [7, 11) is 4.04. The summed E-state index contributed by atoms with van der Waals surface area (Å²) >= 11 is 0. The molecular formula is C33H39N5O2. The maximum absolute atomic E-state index is 13.8. The highest BCUT2D eigenvalue weighted by Crippen LogP contribution is 2.30. The van der Waals surface area contributed by atoms with Gasteiger partial charge in [0, 0.05) is 59.9 Å². The fraction of sp³-hybridized carbons (Fsp3) is 0.333. The molecular weight excluding hydrogens is 498 g/mol. The second-order valence-electron chi connectivity index (χ2n) is 11.1. The van der Waals surface area contributed by atoms with E-state index in [2.05, 4.69) is 43.6 Å². The summed E-state index contributed by atoms with van der Waals surface area (Å²) in [5.41, 5.74) is 5.04. The van der Waals surface area contributed by atoms with E-state index < -0.39 is 6.04 Å². The molecule has 7 nitrogen and oxygen atoms in total. The Labute approximate surface area is 236 Å². The summed E-state index contributed by atoms with van der Waals surface area (Å²) in [5, 5.41) is 7.32. The third kappa shape index (κ3) is 6.37. The maximum atomic E-state index is 13.8. The van der Waals surface area contributed by atoms with Crippen molar-refractivity contribution in [1.82, 2.24) is 15.2 Å². The number of rotatable bonds is 9. The minimum atomic E-state index is -0.726. The Morgan fingerprint density at radius 2 is 1.70 bits per heavy atom. The number of hydrogen-bond donors (Lipinski definition) is 3. The van der Waals surface area contributed by atoms with Gasteiger partial charge in [0.2, 0.25) is 11.8 Å². The van der Waals surface area contributed by atoms with Gasteiger partial charge in [0.25, 0.3) is 0 Å². The minimum Gasteiger partial charge on any atom is -0.371 e. The van der Waals surface area contributed by atoms with E-state index in [1.165, 1.54) is 5.69 Å². The van der Waals surface area contributed by atoms with Crippen molar-refractivity contribution in [2.24, 2.45) is 5.92 Å². The number of fused-ring (bicyclic) bond motifs is 1. The van der Waals surface area contributed by atoms with Crippen molar-refractivity contribution >= 4 is 34.1 Å². The zero-order valence-corrected chi connectivity index (χ0v) is 23.6. The zero-order valence-electron chi connectivity index (χ0n) is 23.6. The largest absolute Gasteiger partial charge is 0.371 e. The Kier molecular flexibility index (Phi) is 8.51. The predicted octanol–water partition coefficient (Wildman–Crippen LogP) is 5.37. The van der Waals surface area contributed by atoms with E-state index in [-0.39, 0.29) is 23.7 Å². The lowest BCUT2D eigenvalue weighted by atomic mass is 9.90. The quantitative estimate of drug-likeness (QED) is 0.268. The van der Waals surface area contributed by atoms with Crippen molar-refractivity contribution in [2.75, 3.05) is 37.4 Å². The van der Waals surface area contributed by atoms with Crippen LogP contribution in [0.2, 0.25) is 0 Å². The van der Waals surface area contributed by atoms with Gasteiger partial charge in [-0.1, -0.05) is 55.5 Å². The van der Waals surface area contributed by atoms with Gasteiger partial charge in [-0.15, -0.1) is 0 Å². The summed E-state index contributed by atoms with van der Waals surface area (Å²) in [6.45, 7) is 4.42. The van der Waals surface area contributed by atoms with Gasteiger partial charge in [-0.05, 0) is 68.4 Å². The predicted molar refractivity (Wildman–Crippen MR) is 162 cm³/mol. The molecule has 4 aromatic rings. The van der Waals surface area contributed by atoms with E-state index in [4.69, 9.17) is 0 Å². The van der Waals surface area contributed by atoms with Crippen LogP contribution >= 0.6 is 0 Å². The fourth-order valence-electron chi connectivity index (χ4n) is 5.71. The number of para-hydroxylation sites is 2. The van der Waals surface area contributed by atoms with Gasteiger partial charge in [0.05, 0.1) is 0 Å². The summed E-state index contributed by atoms with van der Waals surface area (Å²) in [4.78, 5) is 35.2. The van der Waals surface area contributed by atoms with Gasteiger partial charge >= 0.3 is 0 Å². The minimum absolute atomic E-state index is 0.0547. The number of hydrogen-bond acceptors (Lipinski definition) is 4. The number of aromatic amines is 1. The average Bonchev–Trinajstić information content (AvgIpc) is 3.40. The highest BCUT2D eigenvalue weighted by atomic mass is 16.2. The third-order valence-corrected chi connectivity index (χ3v) is 7.87. The number of nitrogens with one attached hydrogen (secondary N) is 3. The Hall–Kier alpha value is -4.10. The molecule has 40 heavy (non-hydrogen) atoms. The van der Waals surface area contributed by atoms with Gasteiger partial charge in [0.15, 0.2) is 0 Å². The molecule has 0 spiro atoms. The summed E-state index contributed by atoms with van der Waals surface area (Å²) in [5.74, 6) is -0.640. The molecule has 0 radical (unpaired) electrons. The summed E-state index contributed by atoms with van der Waals surface area (Å²) in [6, 6.07) is 25.5. The van der Waals surface area contributed by atoms with E-state index in [9.17, 15) is 9.59 Å². The Bertz CT molecular complexity index is 1440. The van der Waals surface area contributed by atoms with Crippen LogP contribution in [0, 0.1) is 5.92 Å². The van der Waals surface area contributed by atoms with Crippen molar-refractivity contribution in [3.05, 3.63) is 96.2 Å². The number of carbonyl (C=O) groups is 2. The van der Waals surface area contributed by atoms with Crippen molar-refractivity contribution in [3.8, 4) is 0 Å². The van der Waals surface area contributed by atoms with Gasteiger partial charge in [0.1, 0.15) is 6.04 Å². The van der Waals surface area contributed by atoms with Crippen LogP contribution in [0.25, 0.3) is 10.9 Å². The van der Waals surface area contributed by atoms with Crippen LogP contribution < -0.4 is 15.5 Å². The molecule has 1 aliphatic rings. The third-order valence-electron chi connectivity index (χ3n) is 7.87. The zero-order chi connectivity index (χ0) is 28.1. The van der Waals surface area contributed by atoms with Crippen LogP contribution in [0.1, 0.15) is 36.8 Å². The van der Waals surface area contributed by atoms with Gasteiger partial charge < -0.3 is 25.4 Å².